The molecule has 1 fully saturated rings. The summed E-state index contributed by atoms with van der Waals surface area (Å²) >= 11 is 0. The van der Waals surface area contributed by atoms with Crippen molar-refractivity contribution >= 4 is 5.91 Å². The summed E-state index contributed by atoms with van der Waals surface area (Å²) in [5.41, 5.74) is 11.4. The maximum Gasteiger partial charge on any atom is 0.218 e. The first kappa shape index (κ1) is 14.5. The van der Waals surface area contributed by atoms with Gasteiger partial charge in [-0.25, -0.2) is 0 Å². The molecule has 4 nitrogen and oxygen atoms in total. The van der Waals surface area contributed by atoms with Crippen molar-refractivity contribution in [2.24, 2.45) is 17.4 Å². The lowest BCUT2D eigenvalue weighted by Crippen LogP contribution is -2.56. The molecule has 1 saturated carbocycles. The number of carbonyl (C=O) groups excluding carboxylic acids is 1. The molecular weight excluding hydrogens is 214 g/mol. The highest BCUT2D eigenvalue weighted by atomic mass is 16.1. The molecule has 4 N–H and O–H groups in total. The molecule has 0 aromatic heterocycles. The largest absolute Gasteiger partial charge is 0.370 e. The van der Waals surface area contributed by atoms with E-state index in [0.717, 1.165) is 31.8 Å². The minimum atomic E-state index is -0.223. The van der Waals surface area contributed by atoms with Gasteiger partial charge in [0.1, 0.15) is 0 Å². The van der Waals surface area contributed by atoms with Crippen molar-refractivity contribution in [3.8, 4) is 0 Å². The van der Waals surface area contributed by atoms with Crippen LogP contribution in [-0.2, 0) is 4.79 Å². The van der Waals surface area contributed by atoms with E-state index in [1.165, 1.54) is 12.8 Å². The number of primary amides is 1. The van der Waals surface area contributed by atoms with Crippen molar-refractivity contribution < 1.29 is 4.79 Å². The molecule has 17 heavy (non-hydrogen) atoms. The number of hydrogen-bond acceptors (Lipinski definition) is 3. The van der Waals surface area contributed by atoms with Crippen LogP contribution in [0.2, 0.25) is 0 Å². The molecule has 2 unspecified atom stereocenters. The Hall–Kier alpha value is -0.610. The van der Waals surface area contributed by atoms with Gasteiger partial charge in [-0.2, -0.15) is 0 Å². The summed E-state index contributed by atoms with van der Waals surface area (Å²) in [5, 5.41) is 0. The van der Waals surface area contributed by atoms with E-state index < -0.39 is 0 Å². The van der Waals surface area contributed by atoms with Crippen molar-refractivity contribution in [2.75, 3.05) is 19.6 Å². The summed E-state index contributed by atoms with van der Waals surface area (Å²) < 4.78 is 0. The third kappa shape index (κ3) is 3.68. The molecule has 0 heterocycles. The summed E-state index contributed by atoms with van der Waals surface area (Å²) in [6.07, 6.45) is 5.28. The van der Waals surface area contributed by atoms with Gasteiger partial charge < -0.3 is 11.5 Å². The number of nitrogens with two attached hydrogens (primary N) is 2. The van der Waals surface area contributed by atoms with E-state index in [9.17, 15) is 4.79 Å². The first-order chi connectivity index (χ1) is 8.04. The quantitative estimate of drug-likeness (QED) is 0.731. The van der Waals surface area contributed by atoms with E-state index in [0.29, 0.717) is 13.0 Å². The van der Waals surface area contributed by atoms with E-state index in [-0.39, 0.29) is 11.4 Å². The van der Waals surface area contributed by atoms with Crippen molar-refractivity contribution in [3.05, 3.63) is 0 Å². The normalized spacial score (nSPS) is 29.5. The number of nitrogens with zero attached hydrogens (tertiary/aromatic N) is 1. The molecule has 1 rings (SSSR count). The van der Waals surface area contributed by atoms with Crippen LogP contribution >= 0.6 is 0 Å². The van der Waals surface area contributed by atoms with Crippen LogP contribution in [-0.4, -0.2) is 36.0 Å². The number of hydrogen-bond donors (Lipinski definition) is 2. The average molecular weight is 241 g/mol. The summed E-state index contributed by atoms with van der Waals surface area (Å²) in [5.74, 6) is 0.509. The standard InChI is InChI=1S/C13H27N3O/c1-3-16(8-6-12(15)17)13(10-14)7-4-5-11(2)9-13/h11H,3-10,14H2,1-2H3,(H2,15,17). The van der Waals surface area contributed by atoms with Gasteiger partial charge in [0, 0.05) is 25.0 Å². The van der Waals surface area contributed by atoms with Crippen molar-refractivity contribution in [2.45, 2.75) is 51.5 Å². The monoisotopic (exact) mass is 241 g/mol. The number of rotatable bonds is 6. The van der Waals surface area contributed by atoms with Crippen LogP contribution in [0.5, 0.6) is 0 Å². The predicted molar refractivity (Wildman–Crippen MR) is 70.5 cm³/mol. The molecule has 0 bridgehead atoms. The third-order valence-corrected chi connectivity index (χ3v) is 4.13. The topological polar surface area (TPSA) is 72.3 Å². The smallest absolute Gasteiger partial charge is 0.218 e. The zero-order valence-electron chi connectivity index (χ0n) is 11.2. The molecule has 1 amide bonds. The van der Waals surface area contributed by atoms with E-state index >= 15 is 0 Å². The van der Waals surface area contributed by atoms with Crippen LogP contribution in [0.15, 0.2) is 0 Å². The van der Waals surface area contributed by atoms with Gasteiger partial charge in [-0.1, -0.05) is 26.7 Å². The third-order valence-electron chi connectivity index (χ3n) is 4.13. The van der Waals surface area contributed by atoms with Gasteiger partial charge >= 0.3 is 0 Å². The molecule has 1 aliphatic rings. The Bertz CT molecular complexity index is 257. The molecule has 0 aromatic rings. The Kier molecular flexibility index (Phi) is 5.40. The molecule has 1 aliphatic carbocycles. The second kappa shape index (κ2) is 6.36. The van der Waals surface area contributed by atoms with Gasteiger partial charge in [0.05, 0.1) is 0 Å². The zero-order valence-corrected chi connectivity index (χ0v) is 11.2. The lowest BCUT2D eigenvalue weighted by molar-refractivity contribution is -0.118. The minimum absolute atomic E-state index is 0.0991. The molecule has 0 radical (unpaired) electrons. The van der Waals surface area contributed by atoms with E-state index in [4.69, 9.17) is 11.5 Å². The van der Waals surface area contributed by atoms with Gasteiger partial charge in [0.25, 0.3) is 0 Å². The Morgan fingerprint density at radius 1 is 1.53 bits per heavy atom. The van der Waals surface area contributed by atoms with Crippen LogP contribution in [0.3, 0.4) is 0 Å². The fraction of sp³-hybridized carbons (Fsp3) is 0.923. The Labute approximate surface area is 105 Å². The summed E-state index contributed by atoms with van der Waals surface area (Å²) in [6.45, 7) is 6.81. The van der Waals surface area contributed by atoms with E-state index in [1.54, 1.807) is 0 Å². The first-order valence-corrected chi connectivity index (χ1v) is 6.77. The zero-order chi connectivity index (χ0) is 12.9. The van der Waals surface area contributed by atoms with Crippen LogP contribution < -0.4 is 11.5 Å². The first-order valence-electron chi connectivity index (χ1n) is 6.77. The van der Waals surface area contributed by atoms with Crippen LogP contribution in [0, 0.1) is 5.92 Å². The molecule has 0 aliphatic heterocycles. The fourth-order valence-corrected chi connectivity index (χ4v) is 3.21. The van der Waals surface area contributed by atoms with Gasteiger partial charge in [-0.05, 0) is 25.3 Å². The second-order valence-electron chi connectivity index (χ2n) is 5.43. The van der Waals surface area contributed by atoms with Gasteiger partial charge in [-0.3, -0.25) is 9.69 Å². The molecular formula is C13H27N3O. The van der Waals surface area contributed by atoms with Crippen LogP contribution in [0.4, 0.5) is 0 Å². The highest BCUT2D eigenvalue weighted by Gasteiger charge is 2.38. The van der Waals surface area contributed by atoms with Gasteiger partial charge in [0.15, 0.2) is 0 Å². The maximum atomic E-state index is 10.9. The van der Waals surface area contributed by atoms with Crippen molar-refractivity contribution in [1.82, 2.24) is 4.90 Å². The second-order valence-corrected chi connectivity index (χ2v) is 5.43. The predicted octanol–water partition coefficient (Wildman–Crippen LogP) is 1.09. The molecule has 2 atom stereocenters. The summed E-state index contributed by atoms with van der Waals surface area (Å²) in [6, 6.07) is 0. The lowest BCUT2D eigenvalue weighted by Gasteiger charge is -2.47. The van der Waals surface area contributed by atoms with Crippen molar-refractivity contribution in [3.63, 3.8) is 0 Å². The van der Waals surface area contributed by atoms with Crippen LogP contribution in [0.25, 0.3) is 0 Å². The SMILES string of the molecule is CCN(CCC(N)=O)C1(CN)CCCC(C)C1. The van der Waals surface area contributed by atoms with Crippen LogP contribution in [0.1, 0.15) is 46.0 Å². The summed E-state index contributed by atoms with van der Waals surface area (Å²) in [7, 11) is 0. The minimum Gasteiger partial charge on any atom is -0.370 e. The van der Waals surface area contributed by atoms with E-state index in [2.05, 4.69) is 18.7 Å². The highest BCUT2D eigenvalue weighted by Crippen LogP contribution is 2.36. The average Bonchev–Trinajstić information content (AvgIpc) is 2.29. The highest BCUT2D eigenvalue weighted by molar-refractivity contribution is 5.73. The maximum absolute atomic E-state index is 10.9. The number of amides is 1. The summed E-state index contributed by atoms with van der Waals surface area (Å²) in [4.78, 5) is 13.3. The number of likely N-dealkylation sites (N-methyl/N-ethyl adjacent to an activating group) is 1. The number of carbonyl (C=O) groups is 1. The van der Waals surface area contributed by atoms with E-state index in [1.807, 2.05) is 0 Å². The van der Waals surface area contributed by atoms with Gasteiger partial charge in [-0.15, -0.1) is 0 Å². The van der Waals surface area contributed by atoms with Gasteiger partial charge in [0.2, 0.25) is 5.91 Å². The molecule has 0 saturated heterocycles. The Morgan fingerprint density at radius 2 is 2.24 bits per heavy atom. The lowest BCUT2D eigenvalue weighted by atomic mass is 9.75. The van der Waals surface area contributed by atoms with Crippen molar-refractivity contribution in [1.29, 1.82) is 0 Å². The Balaban J connectivity index is 2.69. The molecule has 100 valence electrons. The molecule has 4 heteroatoms. The molecule has 0 aromatic carbocycles. The fourth-order valence-electron chi connectivity index (χ4n) is 3.21. The molecule has 0 spiro atoms. The Morgan fingerprint density at radius 3 is 2.71 bits per heavy atom.